The van der Waals surface area contributed by atoms with Crippen molar-refractivity contribution in [1.29, 1.82) is 0 Å². The molecule has 5 atom stereocenters. The van der Waals surface area contributed by atoms with Crippen molar-refractivity contribution in [3.63, 3.8) is 0 Å². The predicted molar refractivity (Wildman–Crippen MR) is 113 cm³/mol. The minimum atomic E-state index is -0.812. The fourth-order valence-corrected chi connectivity index (χ4v) is 4.32. The molecule has 0 saturated heterocycles. The van der Waals surface area contributed by atoms with Gasteiger partial charge in [-0.15, -0.1) is 0 Å². The fourth-order valence-electron chi connectivity index (χ4n) is 4.14. The Kier molecular flexibility index (Phi) is 9.96. The zero-order valence-corrected chi connectivity index (χ0v) is 17.4. The number of aliphatic carboxylic acids is 1. The van der Waals surface area contributed by atoms with Crippen molar-refractivity contribution >= 4 is 17.6 Å². The third-order valence-electron chi connectivity index (χ3n) is 5.72. The number of hydrogen-bond acceptors (Lipinski definition) is 4. The lowest BCUT2D eigenvalue weighted by Crippen LogP contribution is -2.23. The highest BCUT2D eigenvalue weighted by atomic mass is 35.5. The molecule has 5 nitrogen and oxygen atoms in total. The lowest BCUT2D eigenvalue weighted by atomic mass is 9.85. The molecule has 1 aliphatic carbocycles. The number of rotatable bonds is 10. The Morgan fingerprint density at radius 1 is 1.07 bits per heavy atom. The van der Waals surface area contributed by atoms with Gasteiger partial charge >= 0.3 is 5.97 Å². The largest absolute Gasteiger partial charge is 0.481 e. The quantitative estimate of drug-likeness (QED) is 0.341. The summed E-state index contributed by atoms with van der Waals surface area (Å²) in [7, 11) is 0. The standard InChI is InChI=1S/C23H31ClO5/c24-20-9-6-5-7-16(20)11-12-17(25)13-14-19-18(21(26)15-22(19)27)8-3-1-2-4-10-23(28)29/h5-7,9,17-19,21-22,25-27H,1-4,8,10,13-15H2,(H,28,29). The van der Waals surface area contributed by atoms with Gasteiger partial charge in [-0.2, -0.15) is 0 Å². The summed E-state index contributed by atoms with van der Waals surface area (Å²) in [6, 6.07) is 7.21. The number of carbonyl (C=O) groups is 1. The summed E-state index contributed by atoms with van der Waals surface area (Å²) in [5.74, 6) is 4.89. The highest BCUT2D eigenvalue weighted by Crippen LogP contribution is 2.39. The molecule has 1 saturated carbocycles. The highest BCUT2D eigenvalue weighted by molar-refractivity contribution is 6.31. The van der Waals surface area contributed by atoms with Crippen molar-refractivity contribution in [3.8, 4) is 11.8 Å². The van der Waals surface area contributed by atoms with E-state index in [0.29, 0.717) is 36.3 Å². The minimum absolute atomic E-state index is 0.00759. The molecule has 0 aliphatic heterocycles. The summed E-state index contributed by atoms with van der Waals surface area (Å²) >= 11 is 6.06. The van der Waals surface area contributed by atoms with Gasteiger partial charge in [-0.25, -0.2) is 0 Å². The zero-order valence-electron chi connectivity index (χ0n) is 16.6. The van der Waals surface area contributed by atoms with Gasteiger partial charge < -0.3 is 20.4 Å². The first-order valence-corrected chi connectivity index (χ1v) is 10.8. The van der Waals surface area contributed by atoms with Gasteiger partial charge in [0.25, 0.3) is 0 Å². The maximum atomic E-state index is 10.5. The second kappa shape index (κ2) is 12.2. The molecule has 1 aromatic carbocycles. The van der Waals surface area contributed by atoms with E-state index in [1.54, 1.807) is 12.1 Å². The summed E-state index contributed by atoms with van der Waals surface area (Å²) < 4.78 is 0. The number of aliphatic hydroxyl groups is 3. The predicted octanol–water partition coefficient (Wildman–Crippen LogP) is 3.62. The van der Waals surface area contributed by atoms with Crippen LogP contribution in [0.5, 0.6) is 0 Å². The first-order chi connectivity index (χ1) is 13.9. The van der Waals surface area contributed by atoms with E-state index in [-0.39, 0.29) is 18.3 Å². The third kappa shape index (κ3) is 7.98. The first-order valence-electron chi connectivity index (χ1n) is 10.4. The topological polar surface area (TPSA) is 98.0 Å². The highest BCUT2D eigenvalue weighted by Gasteiger charge is 2.40. The van der Waals surface area contributed by atoms with E-state index in [1.807, 2.05) is 12.1 Å². The third-order valence-corrected chi connectivity index (χ3v) is 6.05. The van der Waals surface area contributed by atoms with Crippen LogP contribution in [0.3, 0.4) is 0 Å². The van der Waals surface area contributed by atoms with Crippen LogP contribution < -0.4 is 0 Å². The number of halogens is 1. The molecule has 0 bridgehead atoms. The molecule has 1 aliphatic rings. The number of carboxylic acids is 1. The molecule has 1 aromatic rings. The molecule has 6 heteroatoms. The van der Waals surface area contributed by atoms with Gasteiger partial charge in [0.1, 0.15) is 6.10 Å². The van der Waals surface area contributed by atoms with Crippen LogP contribution >= 0.6 is 11.6 Å². The second-order valence-corrected chi connectivity index (χ2v) is 8.29. The molecule has 0 aromatic heterocycles. The van der Waals surface area contributed by atoms with Crippen LogP contribution in [-0.4, -0.2) is 44.7 Å². The minimum Gasteiger partial charge on any atom is -0.481 e. The maximum Gasteiger partial charge on any atom is 0.303 e. The van der Waals surface area contributed by atoms with Crippen molar-refractivity contribution in [1.82, 2.24) is 0 Å². The van der Waals surface area contributed by atoms with Gasteiger partial charge in [0.05, 0.1) is 17.2 Å². The van der Waals surface area contributed by atoms with Crippen molar-refractivity contribution in [3.05, 3.63) is 34.9 Å². The average Bonchev–Trinajstić information content (AvgIpc) is 2.94. The lowest BCUT2D eigenvalue weighted by Gasteiger charge is -2.24. The Balaban J connectivity index is 1.79. The average molecular weight is 423 g/mol. The fraction of sp³-hybridized carbons (Fsp3) is 0.609. The number of carboxylic acid groups (broad SMARTS) is 1. The van der Waals surface area contributed by atoms with E-state index in [1.165, 1.54) is 0 Å². The molecule has 2 rings (SSSR count). The molecule has 29 heavy (non-hydrogen) atoms. The van der Waals surface area contributed by atoms with Crippen LogP contribution in [0.4, 0.5) is 0 Å². The molecule has 0 amide bonds. The molecule has 1 fully saturated rings. The summed E-state index contributed by atoms with van der Waals surface area (Å²) in [6.45, 7) is 0. The molecule has 5 unspecified atom stereocenters. The van der Waals surface area contributed by atoms with Gasteiger partial charge in [0.15, 0.2) is 0 Å². The summed E-state index contributed by atoms with van der Waals surface area (Å²) in [5.41, 5.74) is 0.672. The van der Waals surface area contributed by atoms with Gasteiger partial charge in [-0.1, -0.05) is 54.8 Å². The van der Waals surface area contributed by atoms with E-state index < -0.39 is 24.3 Å². The van der Waals surface area contributed by atoms with E-state index in [4.69, 9.17) is 16.7 Å². The normalized spacial score (nSPS) is 24.7. The van der Waals surface area contributed by atoms with E-state index in [2.05, 4.69) is 11.8 Å². The van der Waals surface area contributed by atoms with Crippen LogP contribution in [0.25, 0.3) is 0 Å². The van der Waals surface area contributed by atoms with Gasteiger partial charge in [-0.3, -0.25) is 4.79 Å². The van der Waals surface area contributed by atoms with Crippen LogP contribution in [0.1, 0.15) is 63.4 Å². The molecule has 4 N–H and O–H groups in total. The summed E-state index contributed by atoms with van der Waals surface area (Å²) in [4.78, 5) is 10.5. The molecule has 0 heterocycles. The Morgan fingerprint density at radius 3 is 2.41 bits per heavy atom. The van der Waals surface area contributed by atoms with Crippen LogP contribution in [0, 0.1) is 23.7 Å². The Bertz CT molecular complexity index is 711. The van der Waals surface area contributed by atoms with Crippen LogP contribution in [0.15, 0.2) is 24.3 Å². The van der Waals surface area contributed by atoms with E-state index in [0.717, 1.165) is 25.7 Å². The molecule has 0 radical (unpaired) electrons. The van der Waals surface area contributed by atoms with Gasteiger partial charge in [0, 0.05) is 12.0 Å². The molecular formula is C23H31ClO5. The van der Waals surface area contributed by atoms with Crippen molar-refractivity contribution in [2.75, 3.05) is 0 Å². The first kappa shape index (κ1) is 23.7. The van der Waals surface area contributed by atoms with Gasteiger partial charge in [0.2, 0.25) is 0 Å². The zero-order chi connectivity index (χ0) is 21.2. The Labute approximate surface area is 177 Å². The lowest BCUT2D eigenvalue weighted by molar-refractivity contribution is -0.137. The number of unbranched alkanes of at least 4 members (excludes halogenated alkanes) is 3. The van der Waals surface area contributed by atoms with Crippen LogP contribution in [0.2, 0.25) is 5.02 Å². The van der Waals surface area contributed by atoms with Gasteiger partial charge in [-0.05, 0) is 56.1 Å². The van der Waals surface area contributed by atoms with Crippen molar-refractivity contribution in [2.45, 2.75) is 76.1 Å². The number of benzene rings is 1. The van der Waals surface area contributed by atoms with E-state index in [9.17, 15) is 20.1 Å². The van der Waals surface area contributed by atoms with Crippen LogP contribution in [-0.2, 0) is 4.79 Å². The Hall–Kier alpha value is -1.58. The monoisotopic (exact) mass is 422 g/mol. The molecular weight excluding hydrogens is 392 g/mol. The Morgan fingerprint density at radius 2 is 1.72 bits per heavy atom. The number of aliphatic hydroxyl groups excluding tert-OH is 3. The summed E-state index contributed by atoms with van der Waals surface area (Å²) in [5, 5.41) is 40.1. The molecule has 160 valence electrons. The van der Waals surface area contributed by atoms with E-state index >= 15 is 0 Å². The van der Waals surface area contributed by atoms with Crippen molar-refractivity contribution in [2.24, 2.45) is 11.8 Å². The SMILES string of the molecule is O=C(O)CCCCCCC1C(O)CC(O)C1CCC(O)C#Cc1ccccc1Cl. The van der Waals surface area contributed by atoms with Crippen molar-refractivity contribution < 1.29 is 25.2 Å². The summed E-state index contributed by atoms with van der Waals surface area (Å²) in [6.07, 6.45) is 3.85. The smallest absolute Gasteiger partial charge is 0.303 e. The number of hydrogen-bond donors (Lipinski definition) is 4. The maximum absolute atomic E-state index is 10.5. The molecule has 0 spiro atoms. The second-order valence-electron chi connectivity index (χ2n) is 7.89.